The number of amides is 2. The number of nitrogens with zero attached hydrogens (tertiary/aromatic N) is 8. The van der Waals surface area contributed by atoms with Crippen LogP contribution >= 0.6 is 22.6 Å². The summed E-state index contributed by atoms with van der Waals surface area (Å²) in [6.07, 6.45) is 13.0. The minimum atomic E-state index is -0.554. The van der Waals surface area contributed by atoms with E-state index in [-0.39, 0.29) is 60.3 Å². The summed E-state index contributed by atoms with van der Waals surface area (Å²) in [5.74, 6) is 3.43. The number of hydrogen-bond donors (Lipinski definition) is 2. The summed E-state index contributed by atoms with van der Waals surface area (Å²) in [5, 5.41) is 15.0. The molecule has 0 radical (unpaired) electrons. The lowest BCUT2D eigenvalue weighted by molar-refractivity contribution is -0.147. The third-order valence-electron chi connectivity index (χ3n) is 15.7. The Balaban J connectivity index is 0.000000192. The first kappa shape index (κ1) is 65.8. The van der Waals surface area contributed by atoms with Crippen LogP contribution in [0.2, 0.25) is 0 Å². The van der Waals surface area contributed by atoms with E-state index in [0.29, 0.717) is 49.9 Å². The Kier molecular flexibility index (Phi) is 22.8. The van der Waals surface area contributed by atoms with Crippen LogP contribution in [0.1, 0.15) is 130 Å². The van der Waals surface area contributed by atoms with Crippen LogP contribution < -0.4 is 30.0 Å². The van der Waals surface area contributed by atoms with Gasteiger partial charge in [-0.25, -0.2) is 28.9 Å². The fourth-order valence-corrected chi connectivity index (χ4v) is 12.0. The van der Waals surface area contributed by atoms with Crippen molar-refractivity contribution >= 4 is 74.6 Å². The van der Waals surface area contributed by atoms with Crippen molar-refractivity contribution in [2.45, 2.75) is 167 Å². The van der Waals surface area contributed by atoms with Gasteiger partial charge in [-0.15, -0.1) is 0 Å². The number of piperidine rings is 2. The Morgan fingerprint density at radius 1 is 0.575 bits per heavy atom. The van der Waals surface area contributed by atoms with Crippen molar-refractivity contribution in [3.8, 4) is 23.0 Å². The molecule has 0 bridgehead atoms. The van der Waals surface area contributed by atoms with E-state index in [0.717, 1.165) is 132 Å². The number of fused-ring (bicyclic) bond motifs is 2. The van der Waals surface area contributed by atoms with E-state index in [4.69, 9.17) is 58.8 Å². The van der Waals surface area contributed by atoms with Crippen LogP contribution in [0.15, 0.2) is 73.1 Å². The van der Waals surface area contributed by atoms with Gasteiger partial charge in [-0.1, -0.05) is 24.3 Å². The number of likely N-dealkylation sites (tertiary alicyclic amines) is 2. The van der Waals surface area contributed by atoms with Crippen molar-refractivity contribution < 1.29 is 57.1 Å². The molecule has 2 atom stereocenters. The summed E-state index contributed by atoms with van der Waals surface area (Å²) in [5.41, 5.74) is 8.49. The summed E-state index contributed by atoms with van der Waals surface area (Å²) in [4.78, 5) is 61.0. The summed E-state index contributed by atoms with van der Waals surface area (Å²) in [7, 11) is 6.20. The summed E-state index contributed by atoms with van der Waals surface area (Å²) in [6, 6.07) is 19.7. The van der Waals surface area contributed by atoms with Crippen molar-refractivity contribution in [2.24, 2.45) is 17.6 Å². The Bertz CT molecular complexity index is 3240. The highest BCUT2D eigenvalue weighted by Gasteiger charge is 2.33. The zero-order chi connectivity index (χ0) is 62.4. The van der Waals surface area contributed by atoms with Crippen molar-refractivity contribution in [3.05, 3.63) is 87.9 Å². The van der Waals surface area contributed by atoms with E-state index in [1.807, 2.05) is 112 Å². The van der Waals surface area contributed by atoms with E-state index in [1.165, 1.54) is 14.2 Å². The maximum absolute atomic E-state index is 12.8. The van der Waals surface area contributed by atoms with Crippen molar-refractivity contribution in [2.75, 3.05) is 59.9 Å². The predicted octanol–water partition coefficient (Wildman–Crippen LogP) is 11.0. The SMILES string of the molecule is CC(C)(C)OC(=O)N1CCC[C@@H](N)C1.COC(=O)C1CCC(Oc2ccnc3c2c(I)nn3Cc2ccc(OC)cc2)CC1.COC(=O)C1CCC(Oc2ccnc3c2c(N[C@@H]2CCCN(C(=O)OC(C)(C)C)C2)nn3Cc2ccc(OC)cc2)CC1. The lowest BCUT2D eigenvalue weighted by Gasteiger charge is -2.34. The zero-order valence-electron chi connectivity index (χ0n) is 52.1. The van der Waals surface area contributed by atoms with E-state index in [1.54, 1.807) is 36.4 Å². The molecular formula is C64H87IN10O12. The largest absolute Gasteiger partial charge is 0.497 e. The first-order valence-electron chi connectivity index (χ1n) is 30.2. The maximum Gasteiger partial charge on any atom is 0.410 e. The second-order valence-electron chi connectivity index (χ2n) is 24.6. The normalized spacial score (nSPS) is 20.6. The van der Waals surface area contributed by atoms with Crippen LogP contribution in [0, 0.1) is 15.5 Å². The molecule has 2 saturated carbocycles. The van der Waals surface area contributed by atoms with Crippen LogP contribution in [0.5, 0.6) is 23.0 Å². The molecule has 4 fully saturated rings. The zero-order valence-corrected chi connectivity index (χ0v) is 54.2. The molecule has 2 saturated heterocycles. The molecule has 2 aliphatic heterocycles. The number of carbonyl (C=O) groups excluding carboxylic acids is 4. The van der Waals surface area contributed by atoms with Gasteiger partial charge in [0.15, 0.2) is 17.1 Å². The van der Waals surface area contributed by atoms with Gasteiger partial charge in [-0.2, -0.15) is 10.2 Å². The Hall–Kier alpha value is -7.15. The van der Waals surface area contributed by atoms with Crippen molar-refractivity contribution in [1.82, 2.24) is 39.3 Å². The predicted molar refractivity (Wildman–Crippen MR) is 338 cm³/mol. The number of aromatic nitrogens is 6. The highest BCUT2D eigenvalue weighted by Crippen LogP contribution is 2.37. The third kappa shape index (κ3) is 18.5. The number of hydrogen-bond acceptors (Lipinski definition) is 18. The number of esters is 2. The van der Waals surface area contributed by atoms with Gasteiger partial charge < -0.3 is 58.7 Å². The van der Waals surface area contributed by atoms with Gasteiger partial charge >= 0.3 is 24.1 Å². The number of carbonyl (C=O) groups is 4. The number of ether oxygens (including phenoxy) is 8. The highest BCUT2D eigenvalue weighted by atomic mass is 127. The maximum atomic E-state index is 12.8. The topological polar surface area (TPSA) is 248 Å². The second-order valence-corrected chi connectivity index (χ2v) is 25.7. The Morgan fingerprint density at radius 2 is 1.01 bits per heavy atom. The highest BCUT2D eigenvalue weighted by molar-refractivity contribution is 14.1. The quantitative estimate of drug-likeness (QED) is 0.0584. The molecule has 2 aliphatic carbocycles. The summed E-state index contributed by atoms with van der Waals surface area (Å²) in [6.45, 7) is 14.9. The molecule has 87 heavy (non-hydrogen) atoms. The fraction of sp³-hybridized carbons (Fsp3) is 0.562. The Labute approximate surface area is 523 Å². The monoisotopic (exact) mass is 1310 g/mol. The third-order valence-corrected chi connectivity index (χ3v) is 16.4. The van der Waals surface area contributed by atoms with Crippen molar-refractivity contribution in [3.63, 3.8) is 0 Å². The van der Waals surface area contributed by atoms with Crippen LogP contribution in [-0.2, 0) is 41.6 Å². The first-order valence-corrected chi connectivity index (χ1v) is 31.3. The average molecular weight is 1320 g/mol. The van der Waals surface area contributed by atoms with Gasteiger partial charge in [0, 0.05) is 50.7 Å². The molecule has 2 aromatic carbocycles. The summed E-state index contributed by atoms with van der Waals surface area (Å²) < 4.78 is 48.8. The minimum Gasteiger partial charge on any atom is -0.497 e. The number of nitrogens with one attached hydrogen (secondary N) is 1. The molecule has 6 heterocycles. The average Bonchev–Trinajstić information content (AvgIpc) is 2.81. The van der Waals surface area contributed by atoms with Gasteiger partial charge in [0.25, 0.3) is 0 Å². The standard InChI is InChI=1S/C32H43N5O6.C22H24IN3O4.C10H20N2O2/c1-32(2,3)43-31(39)36-18-6-7-23(20-36)34-28-27-26(42-25-14-10-22(11-15-25)30(38)41-5)16-17-33-29(27)37(35-28)19-21-8-12-24(40-4)13-9-21;1-28-16-7-3-14(4-8-16)13-26-21-19(20(23)25-26)18(11-12-24-21)30-17-9-5-15(6-10-17)22(27)29-2;1-10(2,3)14-9(13)12-6-4-5-8(11)7-12/h8-9,12-13,16-17,22-23,25H,6-7,10-11,14-15,18-20H2,1-5H3,(H,34,35);3-4,7-8,11-12,15,17H,5-6,9-10,13H2,1-2H3;8H,4-7,11H2,1-3H3/t22?,23-,25?;;8-/m1.1/s1. The number of rotatable bonds is 14. The molecule has 6 aromatic rings. The van der Waals surface area contributed by atoms with Crippen molar-refractivity contribution in [1.29, 1.82) is 0 Å². The van der Waals surface area contributed by atoms with E-state index < -0.39 is 11.2 Å². The number of nitrogens with two attached hydrogens (primary N) is 1. The van der Waals surface area contributed by atoms with Gasteiger partial charge in [-0.05, 0) is 189 Å². The molecular weight excluding hydrogens is 1230 g/mol. The van der Waals surface area contributed by atoms with Crippen LogP contribution in [0.25, 0.3) is 22.1 Å². The minimum absolute atomic E-state index is 0.0142. The fourth-order valence-electron chi connectivity index (χ4n) is 11.2. The van der Waals surface area contributed by atoms with Gasteiger partial charge in [0.05, 0.1) is 71.0 Å². The summed E-state index contributed by atoms with van der Waals surface area (Å²) >= 11 is 2.24. The number of methoxy groups -OCH3 is 4. The molecule has 22 nitrogen and oxygen atoms in total. The van der Waals surface area contributed by atoms with Crippen LogP contribution in [-0.4, -0.2) is 154 Å². The number of anilines is 1. The molecule has 4 aromatic heterocycles. The van der Waals surface area contributed by atoms with Gasteiger partial charge in [-0.3, -0.25) is 9.59 Å². The number of benzene rings is 2. The Morgan fingerprint density at radius 3 is 1.46 bits per heavy atom. The van der Waals surface area contributed by atoms with E-state index >= 15 is 0 Å². The second kappa shape index (κ2) is 30.2. The molecule has 2 amide bonds. The smallest absolute Gasteiger partial charge is 0.410 e. The molecule has 23 heteroatoms. The molecule has 0 spiro atoms. The number of pyridine rings is 2. The molecule has 472 valence electrons. The van der Waals surface area contributed by atoms with E-state index in [9.17, 15) is 19.2 Å². The first-order chi connectivity index (χ1) is 41.6. The molecule has 0 unspecified atom stereocenters. The van der Waals surface area contributed by atoms with E-state index in [2.05, 4.69) is 32.9 Å². The van der Waals surface area contributed by atoms with Crippen LogP contribution in [0.4, 0.5) is 15.4 Å². The molecule has 10 rings (SSSR count). The number of halogens is 1. The van der Waals surface area contributed by atoms with Gasteiger partial charge in [0.2, 0.25) is 0 Å². The molecule has 3 N–H and O–H groups in total. The molecule has 4 aliphatic rings. The van der Waals surface area contributed by atoms with Crippen LogP contribution in [0.3, 0.4) is 0 Å². The lowest BCUT2D eigenvalue weighted by Crippen LogP contribution is -2.47. The van der Waals surface area contributed by atoms with Gasteiger partial charge in [0.1, 0.15) is 43.3 Å². The lowest BCUT2D eigenvalue weighted by atomic mass is 9.87.